The SMILES string of the molecule is NS(=O)(=O)c1ccc(OCCC2CCCO2)c(Cl)c1. The van der Waals surface area contributed by atoms with Crippen LogP contribution in [-0.4, -0.2) is 27.7 Å². The predicted octanol–water partition coefficient (Wildman–Crippen LogP) is 1.94. The first-order valence-electron chi connectivity index (χ1n) is 6.03. The highest BCUT2D eigenvalue weighted by molar-refractivity contribution is 7.89. The van der Waals surface area contributed by atoms with Crippen LogP contribution in [0.2, 0.25) is 5.02 Å². The molecule has 1 aromatic rings. The van der Waals surface area contributed by atoms with E-state index in [-0.39, 0.29) is 16.0 Å². The highest BCUT2D eigenvalue weighted by Gasteiger charge is 2.16. The summed E-state index contributed by atoms with van der Waals surface area (Å²) in [6, 6.07) is 4.18. The molecule has 0 amide bonds. The summed E-state index contributed by atoms with van der Waals surface area (Å²) < 4.78 is 33.3. The number of rotatable bonds is 5. The molecule has 0 bridgehead atoms. The van der Waals surface area contributed by atoms with Crippen LogP contribution >= 0.6 is 11.6 Å². The van der Waals surface area contributed by atoms with Gasteiger partial charge in [0.1, 0.15) is 5.75 Å². The van der Waals surface area contributed by atoms with Gasteiger partial charge in [-0.05, 0) is 31.0 Å². The summed E-state index contributed by atoms with van der Waals surface area (Å²) >= 11 is 5.95. The zero-order valence-corrected chi connectivity index (χ0v) is 11.9. The lowest BCUT2D eigenvalue weighted by atomic mass is 10.2. The summed E-state index contributed by atoms with van der Waals surface area (Å²) in [6.45, 7) is 1.30. The second-order valence-electron chi connectivity index (χ2n) is 4.41. The first kappa shape index (κ1) is 14.6. The molecule has 1 fully saturated rings. The van der Waals surface area contributed by atoms with Crippen LogP contribution in [-0.2, 0) is 14.8 Å². The number of halogens is 1. The third kappa shape index (κ3) is 4.07. The fourth-order valence-electron chi connectivity index (χ4n) is 1.95. The molecule has 2 rings (SSSR count). The van der Waals surface area contributed by atoms with Gasteiger partial charge in [-0.3, -0.25) is 0 Å². The number of hydrogen-bond donors (Lipinski definition) is 1. The fraction of sp³-hybridized carbons (Fsp3) is 0.500. The van der Waals surface area contributed by atoms with Crippen molar-refractivity contribution in [1.82, 2.24) is 0 Å². The van der Waals surface area contributed by atoms with Crippen LogP contribution in [0.25, 0.3) is 0 Å². The van der Waals surface area contributed by atoms with Crippen molar-refractivity contribution in [3.8, 4) is 5.75 Å². The van der Waals surface area contributed by atoms with E-state index in [0.29, 0.717) is 12.4 Å². The van der Waals surface area contributed by atoms with Gasteiger partial charge in [0.15, 0.2) is 0 Å². The van der Waals surface area contributed by atoms with E-state index in [0.717, 1.165) is 25.9 Å². The second kappa shape index (κ2) is 6.09. The highest BCUT2D eigenvalue weighted by atomic mass is 35.5. The third-order valence-corrected chi connectivity index (χ3v) is 4.16. The maximum absolute atomic E-state index is 11.1. The Bertz CT molecular complexity index is 541. The molecule has 1 unspecified atom stereocenters. The Labute approximate surface area is 117 Å². The van der Waals surface area contributed by atoms with Crippen molar-refractivity contribution in [3.63, 3.8) is 0 Å². The van der Waals surface area contributed by atoms with Crippen molar-refractivity contribution in [2.24, 2.45) is 5.14 Å². The van der Waals surface area contributed by atoms with E-state index in [9.17, 15) is 8.42 Å². The molecule has 1 aliphatic heterocycles. The third-order valence-electron chi connectivity index (χ3n) is 2.95. The highest BCUT2D eigenvalue weighted by Crippen LogP contribution is 2.27. The van der Waals surface area contributed by atoms with E-state index in [1.54, 1.807) is 0 Å². The Morgan fingerprint density at radius 3 is 2.84 bits per heavy atom. The van der Waals surface area contributed by atoms with Crippen LogP contribution in [0.5, 0.6) is 5.75 Å². The minimum Gasteiger partial charge on any atom is -0.492 e. The van der Waals surface area contributed by atoms with Gasteiger partial charge in [-0.1, -0.05) is 11.6 Å². The molecule has 0 spiro atoms. The molecule has 0 aromatic heterocycles. The number of sulfonamides is 1. The summed E-state index contributed by atoms with van der Waals surface area (Å²) in [5.41, 5.74) is 0. The Hall–Kier alpha value is -0.820. The van der Waals surface area contributed by atoms with E-state index in [1.807, 2.05) is 0 Å². The monoisotopic (exact) mass is 305 g/mol. The van der Waals surface area contributed by atoms with Gasteiger partial charge < -0.3 is 9.47 Å². The number of primary sulfonamides is 1. The molecule has 7 heteroatoms. The minimum atomic E-state index is -3.74. The Morgan fingerprint density at radius 2 is 2.26 bits per heavy atom. The lowest BCUT2D eigenvalue weighted by Gasteiger charge is -2.12. The molecule has 1 heterocycles. The average Bonchev–Trinajstić information content (AvgIpc) is 2.83. The van der Waals surface area contributed by atoms with Crippen LogP contribution < -0.4 is 9.88 Å². The number of nitrogens with two attached hydrogens (primary N) is 1. The van der Waals surface area contributed by atoms with E-state index in [4.69, 9.17) is 26.2 Å². The second-order valence-corrected chi connectivity index (χ2v) is 6.38. The zero-order chi connectivity index (χ0) is 13.9. The summed E-state index contributed by atoms with van der Waals surface area (Å²) in [5, 5.41) is 5.25. The van der Waals surface area contributed by atoms with E-state index >= 15 is 0 Å². The molecule has 0 aliphatic carbocycles. The molecule has 5 nitrogen and oxygen atoms in total. The number of ether oxygens (including phenoxy) is 2. The Morgan fingerprint density at radius 1 is 1.47 bits per heavy atom. The van der Waals surface area contributed by atoms with Gasteiger partial charge >= 0.3 is 0 Å². The Kier molecular flexibility index (Phi) is 4.67. The van der Waals surface area contributed by atoms with Crippen molar-refractivity contribution in [2.75, 3.05) is 13.2 Å². The van der Waals surface area contributed by atoms with Gasteiger partial charge in [0.05, 0.1) is 22.6 Å². The minimum absolute atomic E-state index is 0.0241. The summed E-state index contributed by atoms with van der Waals surface area (Å²) in [4.78, 5) is -0.0241. The first-order chi connectivity index (χ1) is 8.97. The molecule has 19 heavy (non-hydrogen) atoms. The van der Waals surface area contributed by atoms with Crippen molar-refractivity contribution in [1.29, 1.82) is 0 Å². The van der Waals surface area contributed by atoms with Gasteiger partial charge in [-0.15, -0.1) is 0 Å². The van der Waals surface area contributed by atoms with Crippen LogP contribution in [0.4, 0.5) is 0 Å². The van der Waals surface area contributed by atoms with Crippen molar-refractivity contribution in [2.45, 2.75) is 30.3 Å². The molecule has 1 atom stereocenters. The average molecular weight is 306 g/mol. The predicted molar refractivity (Wildman–Crippen MR) is 71.9 cm³/mol. The zero-order valence-electron chi connectivity index (χ0n) is 10.3. The van der Waals surface area contributed by atoms with Crippen LogP contribution in [0.3, 0.4) is 0 Å². The first-order valence-corrected chi connectivity index (χ1v) is 7.96. The van der Waals surface area contributed by atoms with E-state index in [1.165, 1.54) is 18.2 Å². The maximum Gasteiger partial charge on any atom is 0.238 e. The van der Waals surface area contributed by atoms with Crippen molar-refractivity contribution >= 4 is 21.6 Å². The van der Waals surface area contributed by atoms with Gasteiger partial charge in [0.2, 0.25) is 10.0 Å². The molecular weight excluding hydrogens is 290 g/mol. The molecule has 1 saturated heterocycles. The van der Waals surface area contributed by atoms with Gasteiger partial charge in [0, 0.05) is 13.0 Å². The standard InChI is InChI=1S/C12H16ClNO4S/c13-11-8-10(19(14,15)16)3-4-12(11)18-7-5-9-2-1-6-17-9/h3-4,8-9H,1-2,5-7H2,(H2,14,15,16). The lowest BCUT2D eigenvalue weighted by molar-refractivity contribution is 0.0903. The number of benzene rings is 1. The topological polar surface area (TPSA) is 78.6 Å². The molecule has 2 N–H and O–H groups in total. The van der Waals surface area contributed by atoms with Crippen LogP contribution in [0, 0.1) is 0 Å². The van der Waals surface area contributed by atoms with Crippen molar-refractivity contribution in [3.05, 3.63) is 23.2 Å². The molecular formula is C12H16ClNO4S. The van der Waals surface area contributed by atoms with Crippen LogP contribution in [0.1, 0.15) is 19.3 Å². The van der Waals surface area contributed by atoms with Gasteiger partial charge in [-0.2, -0.15) is 0 Å². The summed E-state index contributed by atoms with van der Waals surface area (Å²) in [7, 11) is -3.74. The molecule has 106 valence electrons. The summed E-state index contributed by atoms with van der Waals surface area (Å²) in [6.07, 6.45) is 3.20. The Balaban J connectivity index is 1.93. The molecule has 1 aliphatic rings. The molecule has 1 aromatic carbocycles. The maximum atomic E-state index is 11.1. The molecule has 0 saturated carbocycles. The van der Waals surface area contributed by atoms with Crippen molar-refractivity contribution < 1.29 is 17.9 Å². The van der Waals surface area contributed by atoms with E-state index < -0.39 is 10.0 Å². The fourth-order valence-corrected chi connectivity index (χ4v) is 2.79. The van der Waals surface area contributed by atoms with Crippen LogP contribution in [0.15, 0.2) is 23.1 Å². The van der Waals surface area contributed by atoms with Gasteiger partial charge in [-0.25, -0.2) is 13.6 Å². The smallest absolute Gasteiger partial charge is 0.238 e. The quantitative estimate of drug-likeness (QED) is 0.901. The number of hydrogen-bond acceptors (Lipinski definition) is 4. The molecule has 0 radical (unpaired) electrons. The van der Waals surface area contributed by atoms with E-state index in [2.05, 4.69) is 0 Å². The summed E-state index contributed by atoms with van der Waals surface area (Å²) in [5.74, 6) is 0.451. The largest absolute Gasteiger partial charge is 0.492 e. The normalized spacial score (nSPS) is 19.6. The lowest BCUT2D eigenvalue weighted by Crippen LogP contribution is -2.13. The van der Waals surface area contributed by atoms with Gasteiger partial charge in [0.25, 0.3) is 0 Å².